The van der Waals surface area contributed by atoms with Crippen molar-refractivity contribution < 1.29 is 13.6 Å². The zero-order valence-electron chi connectivity index (χ0n) is 9.40. The fourth-order valence-corrected chi connectivity index (χ4v) is 1.52. The SMILES string of the molecule is FC(F)c1ccc(CO/N=[C]\C2CCC2)cc1. The second kappa shape index (κ2) is 5.75. The molecule has 1 aliphatic carbocycles. The number of alkyl halides is 2. The van der Waals surface area contributed by atoms with Crippen LogP contribution in [0.3, 0.4) is 0 Å². The molecule has 0 amide bonds. The van der Waals surface area contributed by atoms with Crippen molar-refractivity contribution >= 4 is 6.21 Å². The van der Waals surface area contributed by atoms with Gasteiger partial charge in [-0.25, -0.2) is 8.78 Å². The summed E-state index contributed by atoms with van der Waals surface area (Å²) < 4.78 is 24.6. The lowest BCUT2D eigenvalue weighted by atomic mass is 9.87. The smallest absolute Gasteiger partial charge is 0.263 e. The van der Waals surface area contributed by atoms with Crippen LogP contribution in [0.2, 0.25) is 0 Å². The van der Waals surface area contributed by atoms with Gasteiger partial charge in [-0.05, 0) is 18.4 Å². The lowest BCUT2D eigenvalue weighted by Crippen LogP contribution is -2.11. The van der Waals surface area contributed by atoms with E-state index < -0.39 is 6.43 Å². The van der Waals surface area contributed by atoms with Crippen molar-refractivity contribution in [1.29, 1.82) is 0 Å². The van der Waals surface area contributed by atoms with Crippen LogP contribution in [0.1, 0.15) is 36.8 Å². The van der Waals surface area contributed by atoms with Crippen molar-refractivity contribution in [3.63, 3.8) is 0 Å². The molecular formula is C13H14F2NO. The summed E-state index contributed by atoms with van der Waals surface area (Å²) in [5.41, 5.74) is 0.854. The van der Waals surface area contributed by atoms with E-state index in [0.717, 1.165) is 18.4 Å². The van der Waals surface area contributed by atoms with Gasteiger partial charge in [0.25, 0.3) is 6.43 Å². The summed E-state index contributed by atoms with van der Waals surface area (Å²) in [5, 5.41) is 3.75. The van der Waals surface area contributed by atoms with E-state index >= 15 is 0 Å². The van der Waals surface area contributed by atoms with E-state index in [9.17, 15) is 8.78 Å². The van der Waals surface area contributed by atoms with E-state index in [1.165, 1.54) is 18.6 Å². The molecule has 2 rings (SSSR count). The topological polar surface area (TPSA) is 21.6 Å². The van der Waals surface area contributed by atoms with Gasteiger partial charge in [-0.15, -0.1) is 0 Å². The molecule has 0 spiro atoms. The first-order valence-corrected chi connectivity index (χ1v) is 5.70. The predicted octanol–water partition coefficient (Wildman–Crippen LogP) is 3.80. The van der Waals surface area contributed by atoms with Crippen LogP contribution in [0.4, 0.5) is 8.78 Å². The molecule has 0 heterocycles. The first-order chi connectivity index (χ1) is 8.25. The van der Waals surface area contributed by atoms with Gasteiger partial charge < -0.3 is 4.84 Å². The first kappa shape index (κ1) is 12.0. The summed E-state index contributed by atoms with van der Waals surface area (Å²) >= 11 is 0. The second-order valence-corrected chi connectivity index (χ2v) is 4.16. The molecule has 0 aliphatic heterocycles. The molecule has 4 heteroatoms. The summed E-state index contributed by atoms with van der Waals surface area (Å²) in [6, 6.07) is 6.06. The molecule has 1 radical (unpaired) electrons. The summed E-state index contributed by atoms with van der Waals surface area (Å²) in [6.45, 7) is 0.295. The van der Waals surface area contributed by atoms with Gasteiger partial charge in [-0.3, -0.25) is 0 Å². The lowest BCUT2D eigenvalue weighted by Gasteiger charge is -2.18. The number of hydrogen-bond donors (Lipinski definition) is 0. The normalized spacial score (nSPS) is 16.4. The monoisotopic (exact) mass is 238 g/mol. The molecule has 1 aromatic rings. The minimum Gasteiger partial charge on any atom is -0.391 e. The van der Waals surface area contributed by atoms with Crippen molar-refractivity contribution in [2.45, 2.75) is 32.3 Å². The molecule has 1 saturated carbocycles. The van der Waals surface area contributed by atoms with E-state index in [0.29, 0.717) is 12.5 Å². The van der Waals surface area contributed by atoms with E-state index in [1.54, 1.807) is 12.1 Å². The zero-order chi connectivity index (χ0) is 12.1. The molecule has 0 bridgehead atoms. The van der Waals surface area contributed by atoms with Crippen LogP contribution in [-0.2, 0) is 11.4 Å². The standard InChI is InChI=1S/C13H14F2NO/c14-13(15)12-6-4-11(5-7-12)9-17-16-8-10-2-1-3-10/h4-7,10,13H,1-3,9H2. The summed E-state index contributed by atoms with van der Waals surface area (Å²) in [4.78, 5) is 5.05. The van der Waals surface area contributed by atoms with Crippen LogP contribution in [0, 0.1) is 5.92 Å². The van der Waals surface area contributed by atoms with E-state index in [-0.39, 0.29) is 5.56 Å². The van der Waals surface area contributed by atoms with Crippen molar-refractivity contribution in [3.05, 3.63) is 35.4 Å². The van der Waals surface area contributed by atoms with Gasteiger partial charge in [0, 0.05) is 11.5 Å². The van der Waals surface area contributed by atoms with E-state index in [4.69, 9.17) is 4.84 Å². The highest BCUT2D eigenvalue weighted by Gasteiger charge is 2.15. The number of hydrogen-bond acceptors (Lipinski definition) is 2. The number of benzene rings is 1. The zero-order valence-corrected chi connectivity index (χ0v) is 9.40. The molecule has 17 heavy (non-hydrogen) atoms. The lowest BCUT2D eigenvalue weighted by molar-refractivity contribution is 0.129. The Labute approximate surface area is 99.3 Å². The minimum atomic E-state index is -2.42. The third kappa shape index (κ3) is 3.51. The van der Waals surface area contributed by atoms with E-state index in [2.05, 4.69) is 11.4 Å². The van der Waals surface area contributed by atoms with Gasteiger partial charge in [-0.2, -0.15) is 0 Å². The Balaban J connectivity index is 1.76. The first-order valence-electron chi connectivity index (χ1n) is 5.70. The van der Waals surface area contributed by atoms with Crippen LogP contribution >= 0.6 is 0 Å². The highest BCUT2D eigenvalue weighted by atomic mass is 19.3. The molecule has 0 N–H and O–H groups in total. The Hall–Kier alpha value is -1.45. The molecule has 0 unspecified atom stereocenters. The summed E-state index contributed by atoms with van der Waals surface area (Å²) in [5.74, 6) is 0.441. The number of halogens is 2. The maximum absolute atomic E-state index is 12.3. The van der Waals surface area contributed by atoms with Gasteiger partial charge in [0.15, 0.2) is 0 Å². The third-order valence-electron chi connectivity index (χ3n) is 2.87. The fourth-order valence-electron chi connectivity index (χ4n) is 1.52. The van der Waals surface area contributed by atoms with Gasteiger partial charge in [0.05, 0.1) is 0 Å². The van der Waals surface area contributed by atoms with Gasteiger partial charge in [0.2, 0.25) is 0 Å². The van der Waals surface area contributed by atoms with Crippen LogP contribution < -0.4 is 0 Å². The molecule has 1 fully saturated rings. The molecule has 0 aromatic heterocycles. The average Bonchev–Trinajstić information content (AvgIpc) is 2.27. The molecule has 0 saturated heterocycles. The van der Waals surface area contributed by atoms with Crippen LogP contribution in [0.15, 0.2) is 29.4 Å². The number of rotatable bonds is 5. The highest BCUT2D eigenvalue weighted by Crippen LogP contribution is 2.24. The van der Waals surface area contributed by atoms with Crippen molar-refractivity contribution in [2.24, 2.45) is 11.1 Å². The van der Waals surface area contributed by atoms with Crippen LogP contribution in [0.5, 0.6) is 0 Å². The Kier molecular flexibility index (Phi) is 4.07. The Morgan fingerprint density at radius 1 is 1.29 bits per heavy atom. The van der Waals surface area contributed by atoms with Crippen molar-refractivity contribution in [1.82, 2.24) is 0 Å². The molecule has 0 atom stereocenters. The second-order valence-electron chi connectivity index (χ2n) is 4.16. The van der Waals surface area contributed by atoms with Gasteiger partial charge in [0.1, 0.15) is 12.8 Å². The number of nitrogens with zero attached hydrogens (tertiary/aromatic N) is 1. The maximum Gasteiger partial charge on any atom is 0.263 e. The van der Waals surface area contributed by atoms with Gasteiger partial charge >= 0.3 is 0 Å². The minimum absolute atomic E-state index is 0.0262. The fraction of sp³-hybridized carbons (Fsp3) is 0.462. The van der Waals surface area contributed by atoms with Crippen molar-refractivity contribution in [3.8, 4) is 0 Å². The molecule has 1 aromatic carbocycles. The maximum atomic E-state index is 12.3. The highest BCUT2D eigenvalue weighted by molar-refractivity contribution is 5.60. The third-order valence-corrected chi connectivity index (χ3v) is 2.87. The summed E-state index contributed by atoms with van der Waals surface area (Å²) in [7, 11) is 0. The molecule has 1 aliphatic rings. The largest absolute Gasteiger partial charge is 0.391 e. The summed E-state index contributed by atoms with van der Waals surface area (Å²) in [6.07, 6.45) is 3.99. The Morgan fingerprint density at radius 2 is 2.00 bits per heavy atom. The predicted molar refractivity (Wildman–Crippen MR) is 61.0 cm³/mol. The Bertz CT molecular complexity index is 372. The quantitative estimate of drug-likeness (QED) is 0.564. The molecule has 2 nitrogen and oxygen atoms in total. The molecule has 91 valence electrons. The van der Waals surface area contributed by atoms with E-state index in [1.807, 2.05) is 0 Å². The van der Waals surface area contributed by atoms with Crippen molar-refractivity contribution in [2.75, 3.05) is 0 Å². The average molecular weight is 238 g/mol. The van der Waals surface area contributed by atoms with Crippen LogP contribution in [-0.4, -0.2) is 6.21 Å². The Morgan fingerprint density at radius 3 is 2.53 bits per heavy atom. The van der Waals surface area contributed by atoms with Crippen LogP contribution in [0.25, 0.3) is 0 Å². The molecular weight excluding hydrogens is 224 g/mol. The van der Waals surface area contributed by atoms with Gasteiger partial charge in [-0.1, -0.05) is 35.8 Å².